The third kappa shape index (κ3) is 44.9. The largest absolute Gasteiger partial charge is 0.394 e. The summed E-state index contributed by atoms with van der Waals surface area (Å²) in [6.45, 7) is 17.5. The topological polar surface area (TPSA) is 86.6 Å². The molecule has 0 bridgehead atoms. The van der Waals surface area contributed by atoms with Gasteiger partial charge in [0, 0.05) is 76.7 Å². The average molecular weight is 453 g/mol. The number of nitrogens with one attached hydrogen (secondary N) is 1. The van der Waals surface area contributed by atoms with Crippen LogP contribution in [0.5, 0.6) is 0 Å². The SMILES string of the molecule is OCCO.[CH2-]C(=O)C(C)(C)C.[CH2-]C(=O)NC(C)(C)C.[Y].[Y]. The van der Waals surface area contributed by atoms with Crippen LogP contribution in [0.1, 0.15) is 41.5 Å². The van der Waals surface area contributed by atoms with E-state index in [2.05, 4.69) is 19.2 Å². The third-order valence-corrected chi connectivity index (χ3v) is 1.45. The molecule has 0 aliphatic heterocycles. The maximum atomic E-state index is 10.4. The van der Waals surface area contributed by atoms with Crippen molar-refractivity contribution in [1.29, 1.82) is 0 Å². The standard InChI is InChI=1S/C6H12NO.C6H11O.C2H6O2.2Y/c1-5(8)7-6(2,3)4;1-5(7)6(2,3)4;3-1-2-4;;/h1H2,2-4H3,(H,7,8);1H2,2-4H3;3-4H,1-2H2;;/q2*-1;;;. The van der Waals surface area contributed by atoms with Gasteiger partial charge in [-0.25, -0.2) is 0 Å². The van der Waals surface area contributed by atoms with Crippen molar-refractivity contribution in [3.63, 3.8) is 0 Å². The third-order valence-electron chi connectivity index (χ3n) is 1.45. The van der Waals surface area contributed by atoms with Crippen molar-refractivity contribution in [2.45, 2.75) is 47.1 Å². The van der Waals surface area contributed by atoms with Crippen LogP contribution in [0.25, 0.3) is 0 Å². The molecule has 7 heteroatoms. The van der Waals surface area contributed by atoms with Crippen molar-refractivity contribution in [3.05, 3.63) is 13.8 Å². The van der Waals surface area contributed by atoms with Crippen LogP contribution >= 0.6 is 0 Å². The fraction of sp³-hybridized carbons (Fsp3) is 0.714. The van der Waals surface area contributed by atoms with Gasteiger partial charge in [-0.2, -0.15) is 0 Å². The van der Waals surface area contributed by atoms with E-state index < -0.39 is 0 Å². The molecule has 0 aliphatic carbocycles. The Bertz CT molecular complexity index is 257. The first kappa shape index (κ1) is 33.6. The van der Waals surface area contributed by atoms with Crippen LogP contribution in [0.15, 0.2) is 0 Å². The summed E-state index contributed by atoms with van der Waals surface area (Å²) >= 11 is 0. The van der Waals surface area contributed by atoms with Gasteiger partial charge in [0.1, 0.15) is 0 Å². The van der Waals surface area contributed by atoms with E-state index in [9.17, 15) is 9.59 Å². The van der Waals surface area contributed by atoms with Gasteiger partial charge in [0.25, 0.3) is 0 Å². The van der Waals surface area contributed by atoms with Gasteiger partial charge in [-0.15, -0.1) is 0 Å². The predicted octanol–water partition coefficient (Wildman–Crippen LogP) is 1.14. The summed E-state index contributed by atoms with van der Waals surface area (Å²) in [5.74, 6) is -0.231. The van der Waals surface area contributed by atoms with Crippen LogP contribution in [0.2, 0.25) is 0 Å². The maximum absolute atomic E-state index is 10.4. The molecule has 21 heavy (non-hydrogen) atoms. The van der Waals surface area contributed by atoms with Crippen molar-refractivity contribution >= 4 is 11.7 Å². The Kier molecular flexibility index (Phi) is 27.8. The minimum Gasteiger partial charge on any atom is -0.394 e. The van der Waals surface area contributed by atoms with Crippen LogP contribution < -0.4 is 5.32 Å². The van der Waals surface area contributed by atoms with Gasteiger partial charge in [-0.1, -0.05) is 20.8 Å². The zero-order valence-electron chi connectivity index (χ0n) is 14.2. The Hall–Kier alpha value is 1.01. The second-order valence-corrected chi connectivity index (χ2v) is 5.92. The molecule has 1 amide bonds. The maximum Gasteiger partial charge on any atom is 0.0801 e. The van der Waals surface area contributed by atoms with Gasteiger partial charge >= 0.3 is 0 Å². The molecule has 0 rings (SSSR count). The number of aliphatic hydroxyl groups is 2. The molecule has 0 spiro atoms. The Balaban J connectivity index is -0.0000000610. The summed E-state index contributed by atoms with van der Waals surface area (Å²) in [6, 6.07) is 0. The molecule has 0 atom stereocenters. The van der Waals surface area contributed by atoms with E-state index in [4.69, 9.17) is 10.2 Å². The van der Waals surface area contributed by atoms with E-state index in [1.54, 1.807) is 0 Å². The first-order valence-electron chi connectivity index (χ1n) is 6.00. The van der Waals surface area contributed by atoms with Gasteiger partial charge in [0.15, 0.2) is 0 Å². The molecule has 122 valence electrons. The second kappa shape index (κ2) is 17.4. The number of hydrogen-bond donors (Lipinski definition) is 3. The summed E-state index contributed by atoms with van der Waals surface area (Å²) in [5.41, 5.74) is -0.390. The molecular weight excluding hydrogens is 424 g/mol. The van der Waals surface area contributed by atoms with Crippen LogP contribution in [0.4, 0.5) is 0 Å². The number of carbonyl (C=O) groups excluding carboxylic acids is 2. The Morgan fingerprint density at radius 1 is 0.905 bits per heavy atom. The number of aliphatic hydroxyl groups excluding tert-OH is 2. The number of carbonyl (C=O) groups is 2. The molecule has 0 aromatic rings. The molecule has 0 heterocycles. The van der Waals surface area contributed by atoms with Gasteiger partial charge in [-0.3, -0.25) is 0 Å². The zero-order valence-corrected chi connectivity index (χ0v) is 19.9. The van der Waals surface area contributed by atoms with Crippen molar-refractivity contribution in [2.24, 2.45) is 5.41 Å². The molecule has 0 aliphatic rings. The number of amides is 1. The molecule has 2 radical (unpaired) electrons. The van der Waals surface area contributed by atoms with Gasteiger partial charge in [-0.05, 0) is 26.2 Å². The first-order chi connectivity index (χ1) is 8.27. The summed E-state index contributed by atoms with van der Waals surface area (Å²) in [6.07, 6.45) is 0. The molecule has 0 unspecified atom stereocenters. The van der Waals surface area contributed by atoms with Crippen LogP contribution in [-0.4, -0.2) is 40.7 Å². The fourth-order valence-corrected chi connectivity index (χ4v) is 0.418. The van der Waals surface area contributed by atoms with E-state index in [-0.39, 0.29) is 101 Å². The van der Waals surface area contributed by atoms with Crippen LogP contribution in [0.3, 0.4) is 0 Å². The van der Waals surface area contributed by atoms with Gasteiger partial charge in [0.05, 0.1) is 19.1 Å². The molecule has 5 nitrogen and oxygen atoms in total. The predicted molar refractivity (Wildman–Crippen MR) is 77.2 cm³/mol. The minimum absolute atomic E-state index is 0. The van der Waals surface area contributed by atoms with E-state index in [1.165, 1.54) is 0 Å². The summed E-state index contributed by atoms with van der Waals surface area (Å²) in [5, 5.41) is 17.9. The molecule has 0 saturated carbocycles. The molecule has 0 saturated heterocycles. The second-order valence-electron chi connectivity index (χ2n) is 5.92. The molecule has 3 N–H and O–H groups in total. The first-order valence-corrected chi connectivity index (χ1v) is 6.00. The van der Waals surface area contributed by atoms with Gasteiger partial charge < -0.3 is 39.0 Å². The summed E-state index contributed by atoms with van der Waals surface area (Å²) in [4.78, 5) is 20.6. The molecule has 0 aromatic heterocycles. The normalized spacial score (nSPS) is 9.33. The van der Waals surface area contributed by atoms with Crippen molar-refractivity contribution < 1.29 is 85.2 Å². The number of rotatable bonds is 1. The van der Waals surface area contributed by atoms with E-state index in [1.807, 2.05) is 41.5 Å². The van der Waals surface area contributed by atoms with Crippen LogP contribution in [-0.2, 0) is 75.0 Å². The number of ketones is 1. The number of Topliss-reactive ketones (excluding diaryl/α,β-unsaturated/α-hetero) is 1. The fourth-order valence-electron chi connectivity index (χ4n) is 0.418. The number of hydrogen-bond acceptors (Lipinski definition) is 4. The zero-order chi connectivity index (χ0) is 16.3. The van der Waals surface area contributed by atoms with Gasteiger partial charge in [0.2, 0.25) is 0 Å². The van der Waals surface area contributed by atoms with Crippen LogP contribution in [0, 0.1) is 19.3 Å². The Labute approximate surface area is 180 Å². The molecular formula is C14H29NO4Y2-2. The average Bonchev–Trinajstić information content (AvgIpc) is 2.13. The van der Waals surface area contributed by atoms with E-state index in [0.717, 1.165) is 0 Å². The Morgan fingerprint density at radius 2 is 1.14 bits per heavy atom. The summed E-state index contributed by atoms with van der Waals surface area (Å²) < 4.78 is 0. The van der Waals surface area contributed by atoms with E-state index in [0.29, 0.717) is 0 Å². The van der Waals surface area contributed by atoms with E-state index >= 15 is 0 Å². The van der Waals surface area contributed by atoms with Crippen molar-refractivity contribution in [3.8, 4) is 0 Å². The summed E-state index contributed by atoms with van der Waals surface area (Å²) in [7, 11) is 0. The quantitative estimate of drug-likeness (QED) is 0.520. The van der Waals surface area contributed by atoms with Crippen molar-refractivity contribution in [2.75, 3.05) is 13.2 Å². The minimum atomic E-state index is -0.250. The molecule has 0 fully saturated rings. The Morgan fingerprint density at radius 3 is 1.14 bits per heavy atom. The molecule has 0 aromatic carbocycles. The smallest absolute Gasteiger partial charge is 0.0801 e. The van der Waals surface area contributed by atoms with Crippen molar-refractivity contribution in [1.82, 2.24) is 5.32 Å². The monoisotopic (exact) mass is 453 g/mol.